The van der Waals surface area contributed by atoms with Crippen molar-refractivity contribution in [3.63, 3.8) is 0 Å². The number of ether oxygens (including phenoxy) is 3. The highest BCUT2D eigenvalue weighted by atomic mass is 35.5. The number of nitrogens with one attached hydrogen (secondary N) is 1. The number of hydrogen-bond acceptors (Lipinski definition) is 6. The maximum absolute atomic E-state index is 14.3. The van der Waals surface area contributed by atoms with Gasteiger partial charge in [0.15, 0.2) is 14.5 Å². The van der Waals surface area contributed by atoms with Gasteiger partial charge in [-0.1, -0.05) is 60.7 Å². The third kappa shape index (κ3) is 6.69. The van der Waals surface area contributed by atoms with Crippen LogP contribution < -0.4 is 11.2 Å². The van der Waals surface area contributed by atoms with E-state index >= 15 is 0 Å². The van der Waals surface area contributed by atoms with Crippen molar-refractivity contribution in [3.8, 4) is 0 Å². The van der Waals surface area contributed by atoms with E-state index in [1.807, 2.05) is 85.3 Å². The molecule has 8 nitrogen and oxygen atoms in total. The van der Waals surface area contributed by atoms with E-state index in [-0.39, 0.29) is 19.1 Å². The average molecular weight is 563 g/mol. The van der Waals surface area contributed by atoms with Gasteiger partial charge in [-0.3, -0.25) is 14.3 Å². The summed E-state index contributed by atoms with van der Waals surface area (Å²) in [5, 5.41) is 0. The molecule has 0 unspecified atom stereocenters. The molecule has 2 heterocycles. The van der Waals surface area contributed by atoms with Crippen LogP contribution in [0.1, 0.15) is 17.4 Å². The summed E-state index contributed by atoms with van der Waals surface area (Å²) in [4.78, 5) is 26.5. The molecule has 1 fully saturated rings. The summed E-state index contributed by atoms with van der Waals surface area (Å²) < 4.78 is 40.8. The lowest BCUT2D eigenvalue weighted by Crippen LogP contribution is -2.52. The van der Waals surface area contributed by atoms with Crippen LogP contribution in [0.25, 0.3) is 0 Å². The van der Waals surface area contributed by atoms with Gasteiger partial charge in [-0.25, -0.2) is 4.79 Å². The van der Waals surface area contributed by atoms with Gasteiger partial charge in [-0.15, -0.1) is 11.6 Å². The molecule has 3 aromatic rings. The summed E-state index contributed by atoms with van der Waals surface area (Å²) in [7, 11) is -2.27. The fourth-order valence-corrected chi connectivity index (χ4v) is 5.75. The number of hydrogen-bond donors (Lipinski definition) is 1. The molecule has 0 saturated carbocycles. The minimum Gasteiger partial charge on any atom is -0.407 e. The number of aromatic amines is 1. The van der Waals surface area contributed by atoms with E-state index in [9.17, 15) is 14.0 Å². The first kappa shape index (κ1) is 28.4. The second-order valence-electron chi connectivity index (χ2n) is 10.2. The molecule has 1 N–H and O–H groups in total. The van der Waals surface area contributed by atoms with Crippen molar-refractivity contribution in [2.24, 2.45) is 0 Å². The highest BCUT2D eigenvalue weighted by molar-refractivity contribution is 6.69. The van der Waals surface area contributed by atoms with Gasteiger partial charge >= 0.3 is 5.69 Å². The Morgan fingerprint density at radius 2 is 1.63 bits per heavy atom. The molecule has 1 aromatic heterocycles. The van der Waals surface area contributed by atoms with E-state index in [2.05, 4.69) is 0 Å². The van der Waals surface area contributed by atoms with Gasteiger partial charge in [0, 0.05) is 0 Å². The zero-order chi connectivity index (χ0) is 27.3. The smallest absolute Gasteiger partial charge is 0.330 e. The molecular formula is C27H32ClFN2O6Si. The molecule has 2 aromatic carbocycles. The molecule has 4 atom stereocenters. The van der Waals surface area contributed by atoms with Crippen molar-refractivity contribution in [3.05, 3.63) is 105 Å². The predicted molar refractivity (Wildman–Crippen MR) is 144 cm³/mol. The van der Waals surface area contributed by atoms with Gasteiger partial charge < -0.3 is 18.6 Å². The van der Waals surface area contributed by atoms with E-state index in [1.165, 1.54) is 0 Å². The van der Waals surface area contributed by atoms with Gasteiger partial charge in [0.25, 0.3) is 5.56 Å². The lowest BCUT2D eigenvalue weighted by molar-refractivity contribution is -0.145. The Kier molecular flexibility index (Phi) is 9.02. The molecule has 204 valence electrons. The molecule has 0 aliphatic carbocycles. The van der Waals surface area contributed by atoms with Crippen LogP contribution in [0.2, 0.25) is 19.6 Å². The third-order valence-corrected chi connectivity index (χ3v) is 7.53. The Morgan fingerprint density at radius 1 is 1.03 bits per heavy atom. The first-order chi connectivity index (χ1) is 18.1. The highest BCUT2D eigenvalue weighted by Crippen LogP contribution is 2.43. The number of nitrogens with zero attached hydrogens (tertiary/aromatic N) is 1. The molecule has 0 radical (unpaired) electrons. The Hall–Kier alpha value is -2.60. The summed E-state index contributed by atoms with van der Waals surface area (Å²) in [6.07, 6.45) is -1.92. The number of rotatable bonds is 11. The maximum Gasteiger partial charge on any atom is 0.330 e. The molecular weight excluding hydrogens is 531 g/mol. The van der Waals surface area contributed by atoms with Crippen molar-refractivity contribution in [2.45, 2.75) is 56.9 Å². The van der Waals surface area contributed by atoms with Crippen LogP contribution in [0.4, 0.5) is 4.39 Å². The molecule has 11 heteroatoms. The van der Waals surface area contributed by atoms with Gasteiger partial charge in [-0.05, 0) is 30.8 Å². The van der Waals surface area contributed by atoms with Crippen LogP contribution in [0.15, 0.2) is 76.4 Å². The number of aromatic nitrogens is 2. The summed E-state index contributed by atoms with van der Waals surface area (Å²) in [5.74, 6) is -1.17. The first-order valence-electron chi connectivity index (χ1n) is 12.3. The Bertz CT molecular complexity index is 1320. The van der Waals surface area contributed by atoms with E-state index < -0.39 is 49.4 Å². The Labute approximate surface area is 226 Å². The van der Waals surface area contributed by atoms with Crippen molar-refractivity contribution < 1.29 is 23.0 Å². The third-order valence-electron chi connectivity index (χ3n) is 6.10. The minimum absolute atomic E-state index is 0.0213. The quantitative estimate of drug-likeness (QED) is 0.278. The van der Waals surface area contributed by atoms with Crippen LogP contribution in [0.5, 0.6) is 0 Å². The molecule has 0 amide bonds. The zero-order valence-electron chi connectivity index (χ0n) is 21.6. The molecule has 4 rings (SSSR count). The summed E-state index contributed by atoms with van der Waals surface area (Å²) in [6.45, 7) is 6.50. The van der Waals surface area contributed by atoms with E-state index in [4.69, 9.17) is 30.2 Å². The standard InChI is InChI=1S/C27H32ClFN2O6Si/c1-38(2,3)37-22-23(35-16-20-12-8-5-9-13-20)27(17-28,18-34-15-19-10-6-4-7-11-19)36-25(22)31-14-21(29)24(32)30-26(31)33/h4-14,22-23,25H,15-18H2,1-3H3,(H,30,32,33)/t22-,23-,25+,27+/m0/s1. The Balaban J connectivity index is 1.72. The number of halogens is 2. The second kappa shape index (κ2) is 12.1. The first-order valence-corrected chi connectivity index (χ1v) is 16.3. The zero-order valence-corrected chi connectivity index (χ0v) is 23.3. The fourth-order valence-electron chi connectivity index (χ4n) is 4.40. The van der Waals surface area contributed by atoms with Gasteiger partial charge in [-0.2, -0.15) is 4.39 Å². The van der Waals surface area contributed by atoms with Crippen LogP contribution in [-0.4, -0.2) is 48.2 Å². The largest absolute Gasteiger partial charge is 0.407 e. The molecule has 1 aliphatic heterocycles. The summed E-state index contributed by atoms with van der Waals surface area (Å²) in [6, 6.07) is 19.2. The van der Waals surface area contributed by atoms with Crippen LogP contribution in [0, 0.1) is 5.82 Å². The van der Waals surface area contributed by atoms with Crippen molar-refractivity contribution in [1.82, 2.24) is 9.55 Å². The van der Waals surface area contributed by atoms with Crippen molar-refractivity contribution in [2.75, 3.05) is 12.5 Å². The summed E-state index contributed by atoms with van der Waals surface area (Å²) >= 11 is 6.56. The lowest BCUT2D eigenvalue weighted by atomic mass is 9.97. The number of H-pyrrole nitrogens is 1. The van der Waals surface area contributed by atoms with Crippen LogP contribution in [0.3, 0.4) is 0 Å². The number of alkyl halides is 1. The van der Waals surface area contributed by atoms with Crippen LogP contribution in [-0.2, 0) is 31.9 Å². The molecule has 1 saturated heterocycles. The predicted octanol–water partition coefficient (Wildman–Crippen LogP) is 4.20. The molecule has 38 heavy (non-hydrogen) atoms. The lowest BCUT2D eigenvalue weighted by Gasteiger charge is -2.35. The second-order valence-corrected chi connectivity index (χ2v) is 15.0. The average Bonchev–Trinajstić information content (AvgIpc) is 3.18. The van der Waals surface area contributed by atoms with Gasteiger partial charge in [0.05, 0.1) is 31.9 Å². The fraction of sp³-hybridized carbons (Fsp3) is 0.407. The normalized spacial score (nSPS) is 23.6. The van der Waals surface area contributed by atoms with Crippen molar-refractivity contribution in [1.29, 1.82) is 0 Å². The minimum atomic E-state index is -2.27. The van der Waals surface area contributed by atoms with E-state index in [0.717, 1.165) is 21.9 Å². The molecule has 0 bridgehead atoms. The molecule has 1 aliphatic rings. The summed E-state index contributed by atoms with van der Waals surface area (Å²) in [5.41, 5.74) is -1.31. The van der Waals surface area contributed by atoms with E-state index in [1.54, 1.807) is 0 Å². The topological polar surface area (TPSA) is 91.8 Å². The molecule has 0 spiro atoms. The maximum atomic E-state index is 14.3. The highest BCUT2D eigenvalue weighted by Gasteiger charge is 2.58. The SMILES string of the molecule is C[Si](C)(C)O[C@@H]1[C@H](n2cc(F)c(=O)[nH]c2=O)O[C@](CCl)(COCc2ccccc2)[C@H]1OCc1ccccc1. The van der Waals surface area contributed by atoms with Gasteiger partial charge in [0.1, 0.15) is 17.8 Å². The number of benzene rings is 2. The Morgan fingerprint density at radius 3 is 2.21 bits per heavy atom. The van der Waals surface area contributed by atoms with Crippen LogP contribution >= 0.6 is 11.6 Å². The van der Waals surface area contributed by atoms with E-state index in [0.29, 0.717) is 6.61 Å². The van der Waals surface area contributed by atoms with Gasteiger partial charge in [0.2, 0.25) is 5.82 Å². The monoisotopic (exact) mass is 562 g/mol. The van der Waals surface area contributed by atoms with Crippen molar-refractivity contribution >= 4 is 19.9 Å².